The fourth-order valence-electron chi connectivity index (χ4n) is 3.32. The van der Waals surface area contributed by atoms with E-state index in [9.17, 15) is 4.79 Å². The van der Waals surface area contributed by atoms with Crippen molar-refractivity contribution in [1.29, 1.82) is 0 Å². The molecule has 0 fully saturated rings. The average Bonchev–Trinajstić information content (AvgIpc) is 2.74. The van der Waals surface area contributed by atoms with Crippen molar-refractivity contribution in [2.45, 2.75) is 33.4 Å². The van der Waals surface area contributed by atoms with Crippen molar-refractivity contribution in [3.8, 4) is 11.5 Å². The molecule has 1 aliphatic heterocycles. The molecule has 0 saturated heterocycles. The molecule has 0 saturated carbocycles. The lowest BCUT2D eigenvalue weighted by Crippen LogP contribution is -2.45. The van der Waals surface area contributed by atoms with Crippen LogP contribution >= 0.6 is 35.4 Å². The number of hydrogen-bond donors (Lipinski definition) is 2. The molecule has 2 aromatic carbocycles. The number of nitrogens with one attached hydrogen (secondary N) is 2. The molecule has 2 aromatic rings. The average molecular weight is 495 g/mol. The van der Waals surface area contributed by atoms with Crippen molar-refractivity contribution < 1.29 is 19.0 Å². The Labute approximate surface area is 202 Å². The van der Waals surface area contributed by atoms with Crippen molar-refractivity contribution in [3.63, 3.8) is 0 Å². The van der Waals surface area contributed by atoms with Crippen molar-refractivity contribution in [2.75, 3.05) is 13.2 Å². The van der Waals surface area contributed by atoms with Gasteiger partial charge in [-0.15, -0.1) is 0 Å². The number of carbonyl (C=O) groups is 1. The van der Waals surface area contributed by atoms with Crippen LogP contribution in [0.2, 0.25) is 10.0 Å². The van der Waals surface area contributed by atoms with Crippen molar-refractivity contribution in [3.05, 3.63) is 68.8 Å². The van der Waals surface area contributed by atoms with Crippen LogP contribution in [0, 0.1) is 0 Å². The van der Waals surface area contributed by atoms with Gasteiger partial charge >= 0.3 is 5.97 Å². The first-order chi connectivity index (χ1) is 15.3. The van der Waals surface area contributed by atoms with Crippen molar-refractivity contribution in [2.24, 2.45) is 0 Å². The summed E-state index contributed by atoms with van der Waals surface area (Å²) in [6, 6.07) is 10.3. The maximum atomic E-state index is 12.6. The van der Waals surface area contributed by atoms with E-state index in [1.807, 2.05) is 19.1 Å². The second kappa shape index (κ2) is 10.9. The van der Waals surface area contributed by atoms with Crippen LogP contribution in [0.3, 0.4) is 0 Å². The highest BCUT2D eigenvalue weighted by Gasteiger charge is 2.32. The summed E-state index contributed by atoms with van der Waals surface area (Å²) in [7, 11) is 0. The van der Waals surface area contributed by atoms with Crippen LogP contribution < -0.4 is 20.1 Å². The number of benzene rings is 2. The molecule has 6 nitrogen and oxygen atoms in total. The number of allylic oxidation sites excluding steroid dienone is 1. The summed E-state index contributed by atoms with van der Waals surface area (Å²) in [5.41, 5.74) is 2.68. The standard InChI is InChI=1S/C23H24Cl2N2O4S/c1-4-29-18-11-15(20-19(22(28)30-5-2)13(3)26-23(32)27-20)10-17(25)21(18)31-12-14-6-8-16(24)9-7-14/h6-11,20H,4-5,12H2,1-3H3,(H2,26,27,32)/t20-/m0/s1. The van der Waals surface area contributed by atoms with Crippen molar-refractivity contribution >= 4 is 46.5 Å². The molecular formula is C23H24Cl2N2O4S. The number of halogens is 2. The molecule has 0 unspecified atom stereocenters. The highest BCUT2D eigenvalue weighted by molar-refractivity contribution is 7.80. The topological polar surface area (TPSA) is 68.8 Å². The van der Waals surface area contributed by atoms with Gasteiger partial charge in [0.05, 0.1) is 29.9 Å². The lowest BCUT2D eigenvalue weighted by atomic mass is 9.95. The Hall–Kier alpha value is -2.48. The van der Waals surface area contributed by atoms with Gasteiger partial charge in [-0.2, -0.15) is 0 Å². The van der Waals surface area contributed by atoms with Crippen molar-refractivity contribution in [1.82, 2.24) is 10.6 Å². The van der Waals surface area contributed by atoms with E-state index in [4.69, 9.17) is 49.6 Å². The fraction of sp³-hybridized carbons (Fsp3) is 0.304. The number of ether oxygens (including phenoxy) is 3. The molecule has 0 aliphatic carbocycles. The fourth-order valence-corrected chi connectivity index (χ4v) is 3.99. The predicted molar refractivity (Wildman–Crippen MR) is 129 cm³/mol. The number of esters is 1. The van der Waals surface area contributed by atoms with Gasteiger partial charge in [0, 0.05) is 10.7 Å². The summed E-state index contributed by atoms with van der Waals surface area (Å²) in [6.07, 6.45) is 0. The Kier molecular flexibility index (Phi) is 8.23. The van der Waals surface area contributed by atoms with Crippen LogP contribution in [-0.2, 0) is 16.1 Å². The monoisotopic (exact) mass is 494 g/mol. The first-order valence-electron chi connectivity index (χ1n) is 10.1. The summed E-state index contributed by atoms with van der Waals surface area (Å²) in [4.78, 5) is 12.6. The van der Waals surface area contributed by atoms with E-state index >= 15 is 0 Å². The third-order valence-electron chi connectivity index (χ3n) is 4.73. The molecule has 1 heterocycles. The van der Waals surface area contributed by atoms with Crippen LogP contribution in [0.5, 0.6) is 11.5 Å². The van der Waals surface area contributed by atoms with E-state index < -0.39 is 12.0 Å². The maximum absolute atomic E-state index is 12.6. The lowest BCUT2D eigenvalue weighted by molar-refractivity contribution is -0.139. The quantitative estimate of drug-likeness (QED) is 0.379. The second-order valence-corrected chi connectivity index (χ2v) is 8.22. The number of carbonyl (C=O) groups excluding carboxylic acids is 1. The predicted octanol–water partition coefficient (Wildman–Crippen LogP) is 5.33. The smallest absolute Gasteiger partial charge is 0.338 e. The van der Waals surface area contributed by atoms with E-state index in [1.54, 1.807) is 38.1 Å². The molecule has 0 aromatic heterocycles. The van der Waals surface area contributed by atoms with Gasteiger partial charge in [-0.3, -0.25) is 0 Å². The van der Waals surface area contributed by atoms with E-state index in [2.05, 4.69) is 10.6 Å². The molecule has 2 N–H and O–H groups in total. The summed E-state index contributed by atoms with van der Waals surface area (Å²) in [5.74, 6) is 0.452. The zero-order chi connectivity index (χ0) is 23.3. The van der Waals surface area contributed by atoms with Gasteiger partial charge in [0.2, 0.25) is 0 Å². The minimum atomic E-state index is -0.551. The van der Waals surface area contributed by atoms with Crippen LogP contribution in [-0.4, -0.2) is 24.3 Å². The molecule has 0 bridgehead atoms. The molecule has 0 amide bonds. The SMILES string of the molecule is CCOC(=O)C1=C(C)NC(=S)N[C@H]1c1cc(Cl)c(OCc2ccc(Cl)cc2)c(OCC)c1. The molecule has 32 heavy (non-hydrogen) atoms. The molecule has 9 heteroatoms. The first-order valence-corrected chi connectivity index (χ1v) is 11.3. The largest absolute Gasteiger partial charge is 0.490 e. The normalized spacial score (nSPS) is 15.7. The van der Waals surface area contributed by atoms with Gasteiger partial charge in [-0.25, -0.2) is 4.79 Å². The first kappa shape index (κ1) is 24.2. The van der Waals surface area contributed by atoms with Crippen LogP contribution in [0.25, 0.3) is 0 Å². The molecule has 0 radical (unpaired) electrons. The van der Waals surface area contributed by atoms with Gasteiger partial charge in [0.1, 0.15) is 6.61 Å². The second-order valence-electron chi connectivity index (χ2n) is 6.97. The third kappa shape index (κ3) is 5.65. The third-order valence-corrected chi connectivity index (χ3v) is 5.48. The number of thiocarbonyl (C=S) groups is 1. The van der Waals surface area contributed by atoms with E-state index in [-0.39, 0.29) is 6.61 Å². The van der Waals surface area contributed by atoms with Crippen LogP contribution in [0.4, 0.5) is 0 Å². The Morgan fingerprint density at radius 2 is 1.81 bits per heavy atom. The molecule has 3 rings (SSSR count). The van der Waals surface area contributed by atoms with Gasteiger partial charge in [-0.05, 0) is 68.4 Å². The summed E-state index contributed by atoms with van der Waals surface area (Å²) >= 11 is 17.9. The number of rotatable bonds is 8. The molecule has 1 atom stereocenters. The summed E-state index contributed by atoms with van der Waals surface area (Å²) < 4.78 is 17.0. The summed E-state index contributed by atoms with van der Waals surface area (Å²) in [6.45, 7) is 6.37. The highest BCUT2D eigenvalue weighted by Crippen LogP contribution is 2.40. The summed E-state index contributed by atoms with van der Waals surface area (Å²) in [5, 5.41) is 7.51. The minimum absolute atomic E-state index is 0.259. The lowest BCUT2D eigenvalue weighted by Gasteiger charge is -2.30. The zero-order valence-corrected chi connectivity index (χ0v) is 20.3. The maximum Gasteiger partial charge on any atom is 0.338 e. The number of hydrogen-bond acceptors (Lipinski definition) is 5. The molecular weight excluding hydrogens is 471 g/mol. The molecule has 170 valence electrons. The van der Waals surface area contributed by atoms with Gasteiger partial charge in [0.15, 0.2) is 16.6 Å². The van der Waals surface area contributed by atoms with Gasteiger partial charge in [-0.1, -0.05) is 35.3 Å². The van der Waals surface area contributed by atoms with Gasteiger partial charge < -0.3 is 24.8 Å². The Bertz CT molecular complexity index is 1040. The Morgan fingerprint density at radius 1 is 1.09 bits per heavy atom. The molecule has 1 aliphatic rings. The molecule has 0 spiro atoms. The van der Waals surface area contributed by atoms with Gasteiger partial charge in [0.25, 0.3) is 0 Å². The highest BCUT2D eigenvalue weighted by atomic mass is 35.5. The van der Waals surface area contributed by atoms with E-state index in [1.165, 1.54) is 0 Å². The minimum Gasteiger partial charge on any atom is -0.490 e. The Balaban J connectivity index is 1.96. The Morgan fingerprint density at radius 3 is 2.47 bits per heavy atom. The van der Waals surface area contributed by atoms with E-state index in [0.29, 0.717) is 56.7 Å². The van der Waals surface area contributed by atoms with Crippen LogP contribution in [0.1, 0.15) is 37.9 Å². The zero-order valence-electron chi connectivity index (χ0n) is 18.0. The van der Waals surface area contributed by atoms with Crippen LogP contribution in [0.15, 0.2) is 47.7 Å². The van der Waals surface area contributed by atoms with E-state index in [0.717, 1.165) is 5.56 Å².